The Kier molecular flexibility index (Phi) is 7.10. The number of hydrogen-bond donors (Lipinski definition) is 0. The molecule has 34 heavy (non-hydrogen) atoms. The van der Waals surface area contributed by atoms with Gasteiger partial charge in [0.2, 0.25) is 5.52 Å². The highest BCUT2D eigenvalue weighted by Crippen LogP contribution is 2.32. The lowest BCUT2D eigenvalue weighted by Crippen LogP contribution is -3.00. The molecule has 1 aromatic heterocycles. The van der Waals surface area contributed by atoms with Gasteiger partial charge in [-0.15, -0.1) is 0 Å². The van der Waals surface area contributed by atoms with Gasteiger partial charge in [0, 0.05) is 36.6 Å². The molecule has 2 nitrogen and oxygen atoms in total. The summed E-state index contributed by atoms with van der Waals surface area (Å²) in [7, 11) is 4.18. The smallest absolute Gasteiger partial charge is 0.212 e. The second kappa shape index (κ2) is 10.4. The molecule has 0 aliphatic carbocycles. The molecule has 0 unspecified atom stereocenters. The second-order valence-electron chi connectivity index (χ2n) is 8.29. The number of rotatable bonds is 4. The molecule has 0 radical (unpaired) electrons. The molecule has 0 saturated heterocycles. The standard InChI is InChI=1S/C31H27N2.ClH/c1-32-22-20-26(28-12-6-8-14-30(28)32)18-16-25(24-10-4-3-5-11-24)17-19-27-21-23-33(2)31-15-9-7-13-29(27)31;/h3-23H,1-2H3;1H/q+1;/p-1. The van der Waals surface area contributed by atoms with Crippen molar-refractivity contribution >= 4 is 33.8 Å². The van der Waals surface area contributed by atoms with Crippen LogP contribution in [-0.2, 0) is 7.05 Å². The van der Waals surface area contributed by atoms with Crippen LogP contribution in [0.15, 0.2) is 122 Å². The van der Waals surface area contributed by atoms with E-state index < -0.39 is 0 Å². The van der Waals surface area contributed by atoms with E-state index in [0.717, 1.165) is 0 Å². The van der Waals surface area contributed by atoms with E-state index in [2.05, 4.69) is 151 Å². The van der Waals surface area contributed by atoms with Gasteiger partial charge in [0.1, 0.15) is 7.05 Å². The third-order valence-corrected chi connectivity index (χ3v) is 6.14. The minimum atomic E-state index is 0. The zero-order valence-electron chi connectivity index (χ0n) is 19.4. The number of para-hydroxylation sites is 2. The summed E-state index contributed by atoms with van der Waals surface area (Å²) in [5, 5.41) is 1.25. The molecule has 0 fully saturated rings. The zero-order valence-corrected chi connectivity index (χ0v) is 20.2. The molecule has 2 heterocycles. The van der Waals surface area contributed by atoms with E-state index in [1.807, 2.05) is 0 Å². The maximum atomic E-state index is 2.22. The van der Waals surface area contributed by atoms with Crippen LogP contribution in [0.5, 0.6) is 0 Å². The van der Waals surface area contributed by atoms with E-state index in [0.29, 0.717) is 0 Å². The third-order valence-electron chi connectivity index (χ3n) is 6.14. The Morgan fingerprint density at radius 2 is 1.59 bits per heavy atom. The van der Waals surface area contributed by atoms with Gasteiger partial charge in [0.05, 0.1) is 5.39 Å². The number of halogens is 1. The molecule has 0 N–H and O–H groups in total. The largest absolute Gasteiger partial charge is 1.00 e. The fourth-order valence-corrected chi connectivity index (χ4v) is 4.30. The first-order chi connectivity index (χ1) is 16.2. The highest BCUT2D eigenvalue weighted by atomic mass is 35.5. The zero-order chi connectivity index (χ0) is 22.6. The summed E-state index contributed by atoms with van der Waals surface area (Å²) >= 11 is 0. The van der Waals surface area contributed by atoms with Gasteiger partial charge in [-0.05, 0) is 40.5 Å². The number of aromatic nitrogens is 1. The van der Waals surface area contributed by atoms with Crippen molar-refractivity contribution in [3.63, 3.8) is 0 Å². The number of nitrogens with zero attached hydrogens (tertiary/aromatic N) is 2. The maximum absolute atomic E-state index is 2.22. The van der Waals surface area contributed by atoms with Crippen LogP contribution in [0.1, 0.15) is 16.7 Å². The van der Waals surface area contributed by atoms with Crippen LogP contribution < -0.4 is 21.9 Å². The fraction of sp³-hybridized carbons (Fsp3) is 0.0645. The van der Waals surface area contributed by atoms with E-state index in [-0.39, 0.29) is 12.4 Å². The summed E-state index contributed by atoms with van der Waals surface area (Å²) in [5.74, 6) is 0. The van der Waals surface area contributed by atoms with Crippen LogP contribution in [0.25, 0.3) is 28.1 Å². The van der Waals surface area contributed by atoms with E-state index in [1.165, 1.54) is 44.4 Å². The van der Waals surface area contributed by atoms with Crippen LogP contribution in [0.2, 0.25) is 0 Å². The van der Waals surface area contributed by atoms with Crippen molar-refractivity contribution in [2.45, 2.75) is 0 Å². The average molecular weight is 463 g/mol. The summed E-state index contributed by atoms with van der Waals surface area (Å²) in [4.78, 5) is 2.16. The van der Waals surface area contributed by atoms with E-state index in [1.54, 1.807) is 0 Å². The van der Waals surface area contributed by atoms with E-state index in [9.17, 15) is 0 Å². The normalized spacial score (nSPS) is 14.5. The predicted molar refractivity (Wildman–Crippen MR) is 141 cm³/mol. The lowest BCUT2D eigenvalue weighted by atomic mass is 9.98. The van der Waals surface area contributed by atoms with E-state index in [4.69, 9.17) is 0 Å². The Hall–Kier alpha value is -3.88. The van der Waals surface area contributed by atoms with Crippen LogP contribution >= 0.6 is 0 Å². The van der Waals surface area contributed by atoms with Gasteiger partial charge < -0.3 is 17.3 Å². The summed E-state index contributed by atoms with van der Waals surface area (Å²) in [6.07, 6.45) is 15.3. The van der Waals surface area contributed by atoms with Gasteiger partial charge in [-0.3, -0.25) is 0 Å². The number of pyridine rings is 1. The first kappa shape index (κ1) is 23.3. The lowest BCUT2D eigenvalue weighted by Gasteiger charge is -2.23. The molecule has 1 aliphatic rings. The molecule has 3 aromatic carbocycles. The van der Waals surface area contributed by atoms with Crippen molar-refractivity contribution < 1.29 is 17.0 Å². The van der Waals surface area contributed by atoms with Gasteiger partial charge in [-0.1, -0.05) is 85.0 Å². The molecular weight excluding hydrogens is 436 g/mol. The minimum absolute atomic E-state index is 0. The molecule has 0 amide bonds. The second-order valence-corrected chi connectivity index (χ2v) is 8.29. The van der Waals surface area contributed by atoms with Gasteiger partial charge in [-0.25, -0.2) is 4.57 Å². The van der Waals surface area contributed by atoms with Crippen molar-refractivity contribution in [2.75, 3.05) is 11.9 Å². The third kappa shape index (κ3) is 4.73. The van der Waals surface area contributed by atoms with Crippen LogP contribution in [-0.4, -0.2) is 7.05 Å². The molecule has 1 aliphatic heterocycles. The minimum Gasteiger partial charge on any atom is -1.00 e. The Morgan fingerprint density at radius 1 is 0.853 bits per heavy atom. The molecule has 0 saturated carbocycles. The molecule has 4 aromatic rings. The highest BCUT2D eigenvalue weighted by Gasteiger charge is 2.12. The van der Waals surface area contributed by atoms with Gasteiger partial charge in [-0.2, -0.15) is 0 Å². The maximum Gasteiger partial charge on any atom is 0.212 e. The molecule has 0 atom stereocenters. The van der Waals surface area contributed by atoms with Crippen molar-refractivity contribution in [1.82, 2.24) is 0 Å². The van der Waals surface area contributed by atoms with Crippen molar-refractivity contribution in [3.8, 4) is 0 Å². The Morgan fingerprint density at radius 3 is 2.44 bits per heavy atom. The SMILES string of the molecule is CN1C=C/C(=C/C=C(/C=C/c2cc[n+](C)c3ccccc23)c2ccccc2)c2ccccc21.[Cl-]. The summed E-state index contributed by atoms with van der Waals surface area (Å²) in [6, 6.07) is 29.8. The fourth-order valence-electron chi connectivity index (χ4n) is 4.30. The molecule has 3 heteroatoms. The highest BCUT2D eigenvalue weighted by molar-refractivity contribution is 5.91. The summed E-state index contributed by atoms with van der Waals surface area (Å²) < 4.78 is 2.16. The van der Waals surface area contributed by atoms with E-state index >= 15 is 0 Å². The number of aryl methyl sites for hydroxylation is 1. The molecule has 0 spiro atoms. The Labute approximate surface area is 207 Å². The molecule has 5 rings (SSSR count). The summed E-state index contributed by atoms with van der Waals surface area (Å²) in [5.41, 5.74) is 8.48. The molecule has 0 bridgehead atoms. The monoisotopic (exact) mass is 462 g/mol. The van der Waals surface area contributed by atoms with Crippen LogP contribution in [0.4, 0.5) is 5.69 Å². The number of benzene rings is 3. The van der Waals surface area contributed by atoms with Crippen molar-refractivity contribution in [2.24, 2.45) is 7.05 Å². The van der Waals surface area contributed by atoms with Crippen molar-refractivity contribution in [3.05, 3.63) is 138 Å². The predicted octanol–water partition coefficient (Wildman–Crippen LogP) is 3.81. The van der Waals surface area contributed by atoms with Crippen molar-refractivity contribution in [1.29, 1.82) is 0 Å². The van der Waals surface area contributed by atoms with Crippen LogP contribution in [0.3, 0.4) is 0 Å². The quantitative estimate of drug-likeness (QED) is 0.330. The Bertz CT molecular complexity index is 1430. The summed E-state index contributed by atoms with van der Waals surface area (Å²) in [6.45, 7) is 0. The lowest BCUT2D eigenvalue weighted by molar-refractivity contribution is -0.644. The van der Waals surface area contributed by atoms with Crippen LogP contribution in [0, 0.1) is 0 Å². The van der Waals surface area contributed by atoms with Gasteiger partial charge >= 0.3 is 0 Å². The number of fused-ring (bicyclic) bond motifs is 2. The first-order valence-electron chi connectivity index (χ1n) is 11.2. The molecular formula is C31H27ClN2. The van der Waals surface area contributed by atoms with Gasteiger partial charge in [0.25, 0.3) is 0 Å². The molecule has 168 valence electrons. The topological polar surface area (TPSA) is 7.12 Å². The first-order valence-corrected chi connectivity index (χ1v) is 11.2. The number of anilines is 1. The average Bonchev–Trinajstić information content (AvgIpc) is 2.87. The Balaban J connectivity index is 0.00000274. The van der Waals surface area contributed by atoms with Gasteiger partial charge in [0.15, 0.2) is 6.20 Å². The number of allylic oxidation sites excluding steroid dienone is 6. The number of hydrogen-bond acceptors (Lipinski definition) is 1.